The number of nitrogens with zero attached hydrogens (tertiary/aromatic N) is 2. The number of fused-ring (bicyclic) bond motifs is 6. The van der Waals surface area contributed by atoms with E-state index in [9.17, 15) is 4.79 Å². The van der Waals surface area contributed by atoms with E-state index in [0.717, 1.165) is 33.8 Å². The molecule has 28 heavy (non-hydrogen) atoms. The van der Waals surface area contributed by atoms with Gasteiger partial charge in [0.05, 0.1) is 12.2 Å². The van der Waals surface area contributed by atoms with Crippen LogP contribution in [0.15, 0.2) is 60.9 Å². The second kappa shape index (κ2) is 5.46. The average molecular weight is 372 g/mol. The van der Waals surface area contributed by atoms with E-state index in [1.54, 1.807) is 17.5 Å². The lowest BCUT2D eigenvalue weighted by molar-refractivity contribution is -0.119. The number of aromatic nitrogens is 1. The smallest absolute Gasteiger partial charge is 0.243 e. The molecule has 1 spiro atoms. The monoisotopic (exact) mass is 372 g/mol. The molecule has 0 fully saturated rings. The molecule has 0 radical (unpaired) electrons. The number of hydrogen-bond donors (Lipinski definition) is 2. The van der Waals surface area contributed by atoms with Crippen LogP contribution in [-0.4, -0.2) is 17.5 Å². The Balaban J connectivity index is 1.54. The molecule has 1 aromatic heterocycles. The molecule has 3 aromatic rings. The lowest BCUT2D eigenvalue weighted by atomic mass is 9.76. The first-order valence-corrected chi connectivity index (χ1v) is 9.08. The minimum Gasteiger partial charge on any atom is -0.491 e. The third-order valence-electron chi connectivity index (χ3n) is 5.60. The van der Waals surface area contributed by atoms with E-state index >= 15 is 0 Å². The van der Waals surface area contributed by atoms with E-state index in [1.165, 1.54) is 0 Å². The fraction of sp³-hybridized carbons (Fsp3) is 0.143. The third kappa shape index (κ3) is 1.91. The Morgan fingerprint density at radius 3 is 2.93 bits per heavy atom. The largest absolute Gasteiger partial charge is 0.491 e. The maximum atomic E-state index is 13.2. The molecule has 0 aliphatic carbocycles. The highest BCUT2D eigenvalue weighted by atomic mass is 16.8. The summed E-state index contributed by atoms with van der Waals surface area (Å²) in [6, 6.07) is 15.5. The fourth-order valence-electron chi connectivity index (χ4n) is 4.33. The van der Waals surface area contributed by atoms with Crippen LogP contribution in [0.2, 0.25) is 0 Å². The van der Waals surface area contributed by atoms with Crippen LogP contribution in [0, 0.1) is 0 Å². The Hall–Kier alpha value is -3.58. The summed E-state index contributed by atoms with van der Waals surface area (Å²) in [5.41, 5.74) is 7.30. The van der Waals surface area contributed by atoms with E-state index in [-0.39, 0.29) is 12.5 Å². The van der Waals surface area contributed by atoms with Crippen molar-refractivity contribution in [2.24, 2.45) is 0 Å². The molecule has 1 unspecified atom stereocenters. The van der Waals surface area contributed by atoms with Crippen molar-refractivity contribution in [3.63, 3.8) is 0 Å². The number of carbonyl (C=O) groups is 1. The Labute approximate surface area is 160 Å². The van der Waals surface area contributed by atoms with Gasteiger partial charge in [-0.2, -0.15) is 4.94 Å². The first-order chi connectivity index (χ1) is 13.8. The van der Waals surface area contributed by atoms with Crippen molar-refractivity contribution < 1.29 is 14.5 Å². The molecule has 3 aliphatic heterocycles. The number of anilines is 3. The molecule has 0 saturated carbocycles. The number of carbonyl (C=O) groups excluding carboxylic acids is 1. The van der Waals surface area contributed by atoms with Crippen molar-refractivity contribution in [3.05, 3.63) is 77.6 Å². The average Bonchev–Trinajstić information content (AvgIpc) is 3.39. The van der Waals surface area contributed by atoms with Crippen molar-refractivity contribution in [2.75, 3.05) is 22.5 Å². The van der Waals surface area contributed by atoms with Crippen LogP contribution in [0.25, 0.3) is 0 Å². The van der Waals surface area contributed by atoms with Gasteiger partial charge in [-0.15, -0.1) is 0 Å². The maximum Gasteiger partial charge on any atom is 0.243 e. The fourth-order valence-corrected chi connectivity index (χ4v) is 4.33. The minimum atomic E-state index is -0.889. The van der Waals surface area contributed by atoms with Gasteiger partial charge in [0.2, 0.25) is 5.91 Å². The zero-order valence-electron chi connectivity index (χ0n) is 14.8. The topological polar surface area (TPSA) is 75.7 Å². The van der Waals surface area contributed by atoms with E-state index in [0.29, 0.717) is 12.3 Å². The van der Waals surface area contributed by atoms with Crippen LogP contribution < -0.4 is 20.6 Å². The van der Waals surface area contributed by atoms with Gasteiger partial charge in [-0.05, 0) is 35.4 Å². The molecule has 0 bridgehead atoms. The van der Waals surface area contributed by atoms with Gasteiger partial charge in [0.1, 0.15) is 23.5 Å². The number of para-hydroxylation sites is 1. The van der Waals surface area contributed by atoms with Crippen molar-refractivity contribution in [1.29, 1.82) is 0 Å². The highest BCUT2D eigenvalue weighted by Crippen LogP contribution is 2.56. The van der Waals surface area contributed by atoms with Gasteiger partial charge in [0.25, 0.3) is 0 Å². The number of ether oxygens (including phenoxy) is 1. The second-order valence-corrected chi connectivity index (χ2v) is 7.12. The minimum absolute atomic E-state index is 0.0749. The molecule has 1 amide bonds. The summed E-state index contributed by atoms with van der Waals surface area (Å²) in [6.45, 7) is 0.756. The highest BCUT2D eigenvalue weighted by molar-refractivity contribution is 6.11. The molecule has 6 rings (SSSR count). The van der Waals surface area contributed by atoms with E-state index in [1.807, 2.05) is 48.5 Å². The molecule has 138 valence electrons. The van der Waals surface area contributed by atoms with Crippen LogP contribution in [0.4, 0.5) is 17.1 Å². The van der Waals surface area contributed by atoms with Gasteiger partial charge >= 0.3 is 0 Å². The van der Waals surface area contributed by atoms with Crippen molar-refractivity contribution in [2.45, 2.75) is 12.0 Å². The molecular weight excluding hydrogens is 356 g/mol. The number of hydroxylamine groups is 1. The first-order valence-electron chi connectivity index (χ1n) is 9.08. The molecule has 3 aliphatic rings. The van der Waals surface area contributed by atoms with Gasteiger partial charge < -0.3 is 10.1 Å². The van der Waals surface area contributed by atoms with Crippen LogP contribution in [0.1, 0.15) is 16.7 Å². The van der Waals surface area contributed by atoms with Gasteiger partial charge in [-0.3, -0.25) is 9.78 Å². The number of rotatable bonds is 2. The van der Waals surface area contributed by atoms with Gasteiger partial charge in [0, 0.05) is 23.6 Å². The van der Waals surface area contributed by atoms with E-state index in [4.69, 9.17) is 9.68 Å². The highest BCUT2D eigenvalue weighted by Gasteiger charge is 2.56. The maximum absolute atomic E-state index is 13.2. The summed E-state index contributed by atoms with van der Waals surface area (Å²) in [7, 11) is 0. The summed E-state index contributed by atoms with van der Waals surface area (Å²) in [5.74, 6) is 0.628. The Bertz CT molecular complexity index is 1120. The Morgan fingerprint density at radius 2 is 2.04 bits per heavy atom. The molecule has 7 nitrogen and oxygen atoms in total. The normalized spacial score (nSPS) is 21.0. The zero-order valence-corrected chi connectivity index (χ0v) is 14.8. The van der Waals surface area contributed by atoms with Gasteiger partial charge in [-0.1, -0.05) is 24.3 Å². The Morgan fingerprint density at radius 1 is 1.11 bits per heavy atom. The summed E-state index contributed by atoms with van der Waals surface area (Å²) in [4.78, 5) is 23.1. The number of hydrogen-bond acceptors (Lipinski definition) is 6. The van der Waals surface area contributed by atoms with Gasteiger partial charge in [-0.25, -0.2) is 10.5 Å². The quantitative estimate of drug-likeness (QED) is 0.720. The standard InChI is InChI=1S/C21H16N4O3/c26-20-21(14-5-1-2-6-15(14)23-20)12-27-17-8-7-16-19(18(17)21)25(28-24-16)11-13-4-3-9-22-10-13/h1-10,24H,11-12H2,(H,23,26). The molecule has 2 aromatic carbocycles. The Kier molecular flexibility index (Phi) is 3.02. The second-order valence-electron chi connectivity index (χ2n) is 7.12. The van der Waals surface area contributed by atoms with Crippen molar-refractivity contribution >= 4 is 23.0 Å². The summed E-state index contributed by atoms with van der Waals surface area (Å²) in [5, 5.41) is 4.78. The molecule has 7 heteroatoms. The van der Waals surface area contributed by atoms with Crippen molar-refractivity contribution in [1.82, 2.24) is 4.98 Å². The van der Waals surface area contributed by atoms with E-state index < -0.39 is 5.41 Å². The van der Waals surface area contributed by atoms with Crippen LogP contribution >= 0.6 is 0 Å². The van der Waals surface area contributed by atoms with Crippen LogP contribution in [-0.2, 0) is 21.7 Å². The number of amides is 1. The molecule has 4 heterocycles. The van der Waals surface area contributed by atoms with Crippen LogP contribution in [0.3, 0.4) is 0 Å². The van der Waals surface area contributed by atoms with Crippen molar-refractivity contribution in [3.8, 4) is 5.75 Å². The third-order valence-corrected chi connectivity index (χ3v) is 5.60. The summed E-state index contributed by atoms with van der Waals surface area (Å²) < 4.78 is 6.00. The summed E-state index contributed by atoms with van der Waals surface area (Å²) >= 11 is 0. The summed E-state index contributed by atoms with van der Waals surface area (Å²) in [6.07, 6.45) is 3.54. The molecule has 1 atom stereocenters. The predicted molar refractivity (Wildman–Crippen MR) is 103 cm³/mol. The van der Waals surface area contributed by atoms with E-state index in [2.05, 4.69) is 15.8 Å². The zero-order chi connectivity index (χ0) is 18.7. The molecule has 2 N–H and O–H groups in total. The lowest BCUT2D eigenvalue weighted by Gasteiger charge is -2.25. The van der Waals surface area contributed by atoms with Crippen LogP contribution in [0.5, 0.6) is 5.75 Å². The lowest BCUT2D eigenvalue weighted by Crippen LogP contribution is -2.38. The number of benzene rings is 2. The van der Waals surface area contributed by atoms with Gasteiger partial charge in [0.15, 0.2) is 0 Å². The SMILES string of the molecule is O=C1Nc2ccccc2C12COc1ccc3c(c12)N(Cc1cccnc1)ON3. The number of nitrogens with one attached hydrogen (secondary N) is 2. The number of pyridine rings is 1. The predicted octanol–water partition coefficient (Wildman–Crippen LogP) is 2.99. The molecule has 0 saturated heterocycles. The molecular formula is C21H16N4O3. The first kappa shape index (κ1) is 15.5.